The van der Waals surface area contributed by atoms with Gasteiger partial charge >= 0.3 is 0 Å². The van der Waals surface area contributed by atoms with E-state index in [1.165, 1.54) is 27.5 Å². The van der Waals surface area contributed by atoms with Crippen molar-refractivity contribution >= 4 is 36.2 Å². The lowest BCUT2D eigenvalue weighted by Gasteiger charge is -2.04. The zero-order valence-corrected chi connectivity index (χ0v) is 8.33. The molecule has 0 atom stereocenters. The van der Waals surface area contributed by atoms with Gasteiger partial charge in [0, 0.05) is 39.9 Å². The molecule has 0 aliphatic heterocycles. The molecule has 6 heteroatoms. The Hall–Kier alpha value is 0.830. The van der Waals surface area contributed by atoms with Crippen molar-refractivity contribution in [1.29, 1.82) is 0 Å². The molecule has 0 radical (unpaired) electrons. The highest BCUT2D eigenvalue weighted by atomic mass is 127. The molecule has 0 saturated carbocycles. The molecule has 0 fully saturated rings. The molecule has 0 aromatic rings. The summed E-state index contributed by atoms with van der Waals surface area (Å²) in [7, 11) is -3.30. The van der Waals surface area contributed by atoms with Gasteiger partial charge in [-0.2, -0.15) is 0 Å². The summed E-state index contributed by atoms with van der Waals surface area (Å²) in [4.78, 5) is 0. The lowest BCUT2D eigenvalue weighted by Crippen LogP contribution is -2.11. The summed E-state index contributed by atoms with van der Waals surface area (Å²) in [5.74, 6) is 0. The first-order valence-electron chi connectivity index (χ1n) is 1.72. The summed E-state index contributed by atoms with van der Waals surface area (Å²) in [5.41, 5.74) is 0. The fourth-order valence-corrected chi connectivity index (χ4v) is 0. The summed E-state index contributed by atoms with van der Waals surface area (Å²) in [6, 6.07) is 0. The van der Waals surface area contributed by atoms with Gasteiger partial charge in [-0.05, 0) is 0 Å². The average molecular weight is 270 g/mol. The molecule has 0 spiro atoms. The van der Waals surface area contributed by atoms with Crippen LogP contribution in [-0.2, 0) is 15.0 Å². The second kappa shape index (κ2) is 2.22. The highest BCUT2D eigenvalue weighted by Gasteiger charge is 2.15. The largest absolute Gasteiger partial charge is 0.261 e. The quantitative estimate of drug-likeness (QED) is 0.314. The topological polar surface area (TPSA) is 51.2 Å². The maximum Gasteiger partial charge on any atom is 0.211 e. The SMILES string of the molecule is CS(=O)(=O)[SH](C)(=O)I. The van der Waals surface area contributed by atoms with Crippen molar-refractivity contribution in [2.24, 2.45) is 0 Å². The van der Waals surface area contributed by atoms with Gasteiger partial charge in [-0.15, -0.1) is 0 Å². The van der Waals surface area contributed by atoms with Gasteiger partial charge in [0.15, 0.2) is 0 Å². The normalized spacial score (nSPS) is 15.9. The van der Waals surface area contributed by atoms with Gasteiger partial charge in [-0.25, -0.2) is 8.42 Å². The van der Waals surface area contributed by atoms with Gasteiger partial charge < -0.3 is 0 Å². The maximum absolute atomic E-state index is 10.6. The van der Waals surface area contributed by atoms with Crippen LogP contribution in [0.2, 0.25) is 0 Å². The third kappa shape index (κ3) is 2.40. The van der Waals surface area contributed by atoms with Crippen molar-refractivity contribution in [1.82, 2.24) is 0 Å². The van der Waals surface area contributed by atoms with Crippen LogP contribution in [0.25, 0.3) is 0 Å². The highest BCUT2D eigenvalue weighted by molar-refractivity contribution is 14.2. The Bertz CT molecular complexity index is 209. The van der Waals surface area contributed by atoms with E-state index in [1.54, 1.807) is 0 Å². The third-order valence-electron chi connectivity index (χ3n) is 0.592. The lowest BCUT2D eigenvalue weighted by molar-refractivity contribution is 0.611. The van der Waals surface area contributed by atoms with E-state index in [-0.39, 0.29) is 0 Å². The van der Waals surface area contributed by atoms with Gasteiger partial charge in [-0.1, -0.05) is 0 Å². The van der Waals surface area contributed by atoms with Gasteiger partial charge in [0.1, 0.15) is 0 Å². The van der Waals surface area contributed by atoms with E-state index in [1.807, 2.05) is 0 Å². The standard InChI is InChI=1S/C2H7IO3S2/c1-7(3,4)8(2,5)6/h7H,1-2H3. The number of rotatable bonds is 1. The Morgan fingerprint density at radius 3 is 1.62 bits per heavy atom. The Balaban J connectivity index is 4.84. The fraction of sp³-hybridized carbons (Fsp3) is 1.00. The molecule has 0 unspecified atom stereocenters. The van der Waals surface area contributed by atoms with Crippen LogP contribution in [0, 0.1) is 0 Å². The van der Waals surface area contributed by atoms with Gasteiger partial charge in [0.25, 0.3) is 0 Å². The van der Waals surface area contributed by atoms with Gasteiger partial charge in [0.2, 0.25) is 8.87 Å². The van der Waals surface area contributed by atoms with Crippen LogP contribution in [0.5, 0.6) is 0 Å². The Morgan fingerprint density at radius 2 is 1.62 bits per heavy atom. The first-order chi connectivity index (χ1) is 3.25. The van der Waals surface area contributed by atoms with E-state index in [0.717, 1.165) is 6.26 Å². The first kappa shape index (κ1) is 8.83. The monoisotopic (exact) mass is 270 g/mol. The minimum Gasteiger partial charge on any atom is -0.261 e. The van der Waals surface area contributed by atoms with Crippen LogP contribution in [0.15, 0.2) is 0 Å². The number of halogens is 1. The molecule has 8 heavy (non-hydrogen) atoms. The second-order valence-electron chi connectivity index (χ2n) is 1.48. The summed E-state index contributed by atoms with van der Waals surface area (Å²) in [6.45, 7) is 0. The molecule has 0 heterocycles. The summed E-state index contributed by atoms with van der Waals surface area (Å²) in [5, 5.41) is 0. The minimum atomic E-state index is -3.30. The molecule has 0 aliphatic rings. The Morgan fingerprint density at radius 1 is 1.50 bits per heavy atom. The molecule has 52 valence electrons. The van der Waals surface area contributed by atoms with E-state index >= 15 is 0 Å². The lowest BCUT2D eigenvalue weighted by atomic mass is 12.0. The van der Waals surface area contributed by atoms with E-state index in [4.69, 9.17) is 0 Å². The molecular weight excluding hydrogens is 263 g/mol. The fourth-order valence-electron chi connectivity index (χ4n) is 0. The molecule has 0 aromatic carbocycles. The molecule has 0 aliphatic carbocycles. The van der Waals surface area contributed by atoms with Crippen molar-refractivity contribution in [2.75, 3.05) is 12.5 Å². The molecular formula is C2H7IO3S2. The van der Waals surface area contributed by atoms with Crippen molar-refractivity contribution < 1.29 is 12.6 Å². The molecule has 0 N–H and O–H groups in total. The summed E-state index contributed by atoms with van der Waals surface area (Å²) >= 11 is 1.45. The van der Waals surface area contributed by atoms with Gasteiger partial charge in [0.05, 0.1) is 0 Å². The van der Waals surface area contributed by atoms with Crippen LogP contribution in [-0.4, -0.2) is 25.1 Å². The number of hydrogen-bond donors (Lipinski definition) is 1. The molecule has 0 bridgehead atoms. The molecule has 3 nitrogen and oxygen atoms in total. The predicted octanol–water partition coefficient (Wildman–Crippen LogP) is -0.0575. The number of hydrogen-bond acceptors (Lipinski definition) is 3. The summed E-state index contributed by atoms with van der Waals surface area (Å²) < 4.78 is 31.4. The predicted molar refractivity (Wildman–Crippen MR) is 44.3 cm³/mol. The maximum atomic E-state index is 10.6. The van der Waals surface area contributed by atoms with Crippen molar-refractivity contribution in [3.63, 3.8) is 0 Å². The van der Waals surface area contributed by atoms with Crippen molar-refractivity contribution in [2.45, 2.75) is 0 Å². The van der Waals surface area contributed by atoms with Crippen LogP contribution >= 0.6 is 21.2 Å². The Kier molecular flexibility index (Phi) is 2.45. The van der Waals surface area contributed by atoms with Crippen LogP contribution in [0.3, 0.4) is 0 Å². The summed E-state index contributed by atoms with van der Waals surface area (Å²) in [6.07, 6.45) is -0.710. The van der Waals surface area contributed by atoms with Crippen molar-refractivity contribution in [3.8, 4) is 0 Å². The highest BCUT2D eigenvalue weighted by Crippen LogP contribution is 2.16. The third-order valence-corrected chi connectivity index (χ3v) is 11.8. The van der Waals surface area contributed by atoms with E-state index in [9.17, 15) is 12.6 Å². The molecule has 0 amide bonds. The van der Waals surface area contributed by atoms with Crippen molar-refractivity contribution in [3.05, 3.63) is 0 Å². The van der Waals surface area contributed by atoms with Crippen LogP contribution in [0.1, 0.15) is 0 Å². The zero-order chi connectivity index (χ0) is 7.00. The first-order valence-corrected chi connectivity index (χ1v) is 9.16. The molecule has 0 saturated heterocycles. The number of thiol groups is 1. The molecule has 0 aromatic heterocycles. The van der Waals surface area contributed by atoms with Gasteiger partial charge in [-0.3, -0.25) is 4.21 Å². The molecule has 0 rings (SSSR count). The minimum absolute atomic E-state index is 0.972. The zero-order valence-electron chi connectivity index (χ0n) is 4.46. The average Bonchev–Trinajstić information content (AvgIpc) is 1.25. The Labute approximate surface area is 61.2 Å². The second-order valence-corrected chi connectivity index (χ2v) is 16.0. The van der Waals surface area contributed by atoms with Crippen LogP contribution in [0.4, 0.5) is 0 Å². The smallest absolute Gasteiger partial charge is 0.211 e. The van der Waals surface area contributed by atoms with E-state index < -0.39 is 15.0 Å². The van der Waals surface area contributed by atoms with E-state index in [0.29, 0.717) is 0 Å². The van der Waals surface area contributed by atoms with E-state index in [2.05, 4.69) is 0 Å². The van der Waals surface area contributed by atoms with Crippen LogP contribution < -0.4 is 0 Å².